The van der Waals surface area contributed by atoms with Gasteiger partial charge in [-0.15, -0.1) is 0 Å². The molecule has 176 valence electrons. The van der Waals surface area contributed by atoms with E-state index in [0.29, 0.717) is 43.2 Å². The van der Waals surface area contributed by atoms with E-state index in [0.717, 1.165) is 17.0 Å². The van der Waals surface area contributed by atoms with Crippen LogP contribution in [0.5, 0.6) is 0 Å². The Balaban J connectivity index is 1.41. The molecule has 5 heterocycles. The van der Waals surface area contributed by atoms with E-state index >= 15 is 0 Å². The number of aliphatic hydroxyl groups is 1. The zero-order valence-electron chi connectivity index (χ0n) is 18.5. The third-order valence-electron chi connectivity index (χ3n) is 6.53. The summed E-state index contributed by atoms with van der Waals surface area (Å²) in [6, 6.07) is 5.15. The van der Waals surface area contributed by atoms with Crippen molar-refractivity contribution in [1.29, 1.82) is 0 Å². The van der Waals surface area contributed by atoms with Gasteiger partial charge in [0.2, 0.25) is 0 Å². The van der Waals surface area contributed by atoms with Gasteiger partial charge >= 0.3 is 0 Å². The van der Waals surface area contributed by atoms with Crippen molar-refractivity contribution in [3.8, 4) is 22.6 Å². The number of aliphatic hydroxyl groups excluding tert-OH is 1. The first kappa shape index (κ1) is 21.0. The van der Waals surface area contributed by atoms with Gasteiger partial charge in [0.15, 0.2) is 5.65 Å². The molecular formula is C23H24FN7O3. The van der Waals surface area contributed by atoms with Crippen LogP contribution in [0.25, 0.3) is 28.3 Å². The molecule has 0 unspecified atom stereocenters. The van der Waals surface area contributed by atoms with E-state index in [9.17, 15) is 14.3 Å². The maximum Gasteiger partial charge on any atom is 0.257 e. The molecule has 0 spiro atoms. The molecule has 0 aromatic carbocycles. The SMILES string of the molecule is CNc1cc(-c2cnc3n([C@H]4CCOC[C@@H]4O)cccc2-3)nc2c(C(=O)N[C@@H]3C[C@@H]3F)cnn12. The second-order valence-electron chi connectivity index (χ2n) is 8.72. The summed E-state index contributed by atoms with van der Waals surface area (Å²) in [5, 5.41) is 20.6. The van der Waals surface area contributed by atoms with Crippen molar-refractivity contribution in [2.24, 2.45) is 0 Å². The molecule has 11 heteroatoms. The molecule has 3 aliphatic heterocycles. The lowest BCUT2D eigenvalue weighted by atomic mass is 10.0. The van der Waals surface area contributed by atoms with Crippen LogP contribution < -0.4 is 10.6 Å². The predicted molar refractivity (Wildman–Crippen MR) is 122 cm³/mol. The summed E-state index contributed by atoms with van der Waals surface area (Å²) in [5.74, 6) is 0.987. The largest absolute Gasteiger partial charge is 0.389 e. The zero-order valence-corrected chi connectivity index (χ0v) is 18.5. The number of fused-ring (bicyclic) bond motifs is 2. The molecule has 1 saturated heterocycles. The summed E-state index contributed by atoms with van der Waals surface area (Å²) >= 11 is 0. The number of alkyl halides is 1. The molecule has 34 heavy (non-hydrogen) atoms. The average Bonchev–Trinajstić information content (AvgIpc) is 3.23. The minimum atomic E-state index is -0.995. The fourth-order valence-corrected chi connectivity index (χ4v) is 4.56. The Morgan fingerprint density at radius 3 is 2.94 bits per heavy atom. The number of carbonyl (C=O) groups excluding carboxylic acids is 1. The van der Waals surface area contributed by atoms with Crippen molar-refractivity contribution in [2.45, 2.75) is 37.2 Å². The lowest BCUT2D eigenvalue weighted by molar-refractivity contribution is -0.0383. The van der Waals surface area contributed by atoms with E-state index in [-0.39, 0.29) is 11.6 Å². The zero-order chi connectivity index (χ0) is 23.4. The number of hydrogen-bond acceptors (Lipinski definition) is 7. The fourth-order valence-electron chi connectivity index (χ4n) is 4.56. The Morgan fingerprint density at radius 1 is 1.32 bits per heavy atom. The van der Waals surface area contributed by atoms with Gasteiger partial charge in [-0.2, -0.15) is 9.61 Å². The minimum absolute atomic E-state index is 0.129. The lowest BCUT2D eigenvalue weighted by Crippen LogP contribution is -2.34. The van der Waals surface area contributed by atoms with E-state index in [2.05, 4.69) is 20.7 Å². The molecule has 1 amide bonds. The van der Waals surface area contributed by atoms with Gasteiger partial charge in [0.05, 0.1) is 36.7 Å². The molecule has 2 aromatic rings. The van der Waals surface area contributed by atoms with Gasteiger partial charge in [0, 0.05) is 49.7 Å². The number of ether oxygens (including phenoxy) is 1. The van der Waals surface area contributed by atoms with Crippen molar-refractivity contribution in [3.05, 3.63) is 42.4 Å². The smallest absolute Gasteiger partial charge is 0.257 e. The first-order valence-electron chi connectivity index (χ1n) is 11.3. The first-order valence-corrected chi connectivity index (χ1v) is 11.3. The molecule has 0 radical (unpaired) electrons. The summed E-state index contributed by atoms with van der Waals surface area (Å²) in [7, 11) is 1.76. The van der Waals surface area contributed by atoms with Gasteiger partial charge in [0.1, 0.15) is 23.4 Å². The van der Waals surface area contributed by atoms with Gasteiger partial charge in [-0.05, 0) is 18.6 Å². The summed E-state index contributed by atoms with van der Waals surface area (Å²) < 4.78 is 22.2. The normalized spacial score (nSPS) is 24.4. The van der Waals surface area contributed by atoms with Gasteiger partial charge in [0.25, 0.3) is 5.91 Å². The maximum absolute atomic E-state index is 13.3. The Labute approximate surface area is 194 Å². The monoisotopic (exact) mass is 465 g/mol. The Kier molecular flexibility index (Phi) is 4.96. The van der Waals surface area contributed by atoms with E-state index in [1.165, 1.54) is 6.20 Å². The van der Waals surface area contributed by atoms with Crippen LogP contribution in [-0.4, -0.2) is 73.7 Å². The standard InChI is InChI=1S/C23H24FN7O3/c1-25-20-8-16(28-22-14(10-27-31(20)22)23(33)29-17-7-15(17)24)13-9-26-21-12(13)3-2-5-30(21)18-4-6-34-11-19(18)32/h2-3,5,8-10,15,17-19,25,32H,4,6-7,11H2,1H3,(H,29,33)/t15-,17+,18-,19-/m0/s1. The number of amides is 1. The van der Waals surface area contributed by atoms with Crippen molar-refractivity contribution >= 4 is 17.4 Å². The number of nitrogens with one attached hydrogen (secondary N) is 2. The minimum Gasteiger partial charge on any atom is -0.389 e. The van der Waals surface area contributed by atoms with Crippen molar-refractivity contribution in [2.75, 3.05) is 25.6 Å². The van der Waals surface area contributed by atoms with Crippen molar-refractivity contribution in [1.82, 2.24) is 29.5 Å². The highest BCUT2D eigenvalue weighted by Crippen LogP contribution is 2.37. The molecule has 2 aromatic heterocycles. The number of carbonyl (C=O) groups is 1. The Bertz CT molecular complexity index is 1350. The molecule has 2 fully saturated rings. The second-order valence-corrected chi connectivity index (χ2v) is 8.72. The second kappa shape index (κ2) is 8.03. The van der Waals surface area contributed by atoms with E-state index < -0.39 is 24.2 Å². The number of halogens is 1. The van der Waals surface area contributed by atoms with Crippen LogP contribution in [0.15, 0.2) is 36.8 Å². The Hall–Kier alpha value is -3.57. The van der Waals surface area contributed by atoms with Gasteiger partial charge in [-0.25, -0.2) is 14.4 Å². The average molecular weight is 465 g/mol. The quantitative estimate of drug-likeness (QED) is 0.412. The molecule has 4 aliphatic rings. The molecule has 10 nitrogen and oxygen atoms in total. The molecular weight excluding hydrogens is 441 g/mol. The summed E-state index contributed by atoms with van der Waals surface area (Å²) in [4.78, 5) is 22.1. The first-order chi connectivity index (χ1) is 16.5. The van der Waals surface area contributed by atoms with Crippen LogP contribution in [-0.2, 0) is 4.74 Å². The number of aromatic nitrogens is 5. The highest BCUT2D eigenvalue weighted by Gasteiger charge is 2.39. The predicted octanol–water partition coefficient (Wildman–Crippen LogP) is 1.90. The number of anilines is 1. The number of hydrogen-bond donors (Lipinski definition) is 3. The maximum atomic E-state index is 13.3. The van der Waals surface area contributed by atoms with Gasteiger partial charge in [-0.1, -0.05) is 0 Å². The van der Waals surface area contributed by atoms with Crippen LogP contribution in [0.2, 0.25) is 0 Å². The third-order valence-corrected chi connectivity index (χ3v) is 6.53. The van der Waals surface area contributed by atoms with Crippen molar-refractivity contribution in [3.63, 3.8) is 0 Å². The van der Waals surface area contributed by atoms with Crippen LogP contribution in [0, 0.1) is 0 Å². The highest BCUT2D eigenvalue weighted by atomic mass is 19.1. The van der Waals surface area contributed by atoms with Gasteiger partial charge < -0.3 is 25.0 Å². The molecule has 3 N–H and O–H groups in total. The van der Waals surface area contributed by atoms with E-state index in [4.69, 9.17) is 9.72 Å². The van der Waals surface area contributed by atoms with Crippen LogP contribution in [0.1, 0.15) is 29.2 Å². The van der Waals surface area contributed by atoms with Crippen LogP contribution in [0.3, 0.4) is 0 Å². The van der Waals surface area contributed by atoms with Crippen LogP contribution in [0.4, 0.5) is 10.2 Å². The number of nitrogens with zero attached hydrogens (tertiary/aromatic N) is 5. The molecule has 4 atom stereocenters. The highest BCUT2D eigenvalue weighted by molar-refractivity contribution is 6.00. The van der Waals surface area contributed by atoms with E-state index in [1.54, 1.807) is 17.8 Å². The van der Waals surface area contributed by atoms with Crippen LogP contribution >= 0.6 is 0 Å². The number of rotatable bonds is 5. The molecule has 0 bridgehead atoms. The lowest BCUT2D eigenvalue weighted by Gasteiger charge is -2.31. The molecule has 1 saturated carbocycles. The topological polar surface area (TPSA) is 119 Å². The fraction of sp³-hybridized carbons (Fsp3) is 0.391. The van der Waals surface area contributed by atoms with E-state index in [1.807, 2.05) is 29.0 Å². The summed E-state index contributed by atoms with van der Waals surface area (Å²) in [5.41, 5.74) is 2.94. The molecule has 1 aliphatic carbocycles. The summed E-state index contributed by atoms with van der Waals surface area (Å²) in [6.45, 7) is 0.875. The summed E-state index contributed by atoms with van der Waals surface area (Å²) in [6.07, 6.45) is 4.53. The molecule has 6 rings (SSSR count). The van der Waals surface area contributed by atoms with Crippen molar-refractivity contribution < 1.29 is 19.0 Å². The Morgan fingerprint density at radius 2 is 2.18 bits per heavy atom. The van der Waals surface area contributed by atoms with Gasteiger partial charge in [-0.3, -0.25) is 4.79 Å². The third kappa shape index (κ3) is 3.39. The number of pyridine rings is 1.